The molecular formula is C25H35N3O3S. The maximum absolute atomic E-state index is 12.9. The Morgan fingerprint density at radius 3 is 2.62 bits per heavy atom. The van der Waals surface area contributed by atoms with Gasteiger partial charge in [0.25, 0.3) is 0 Å². The molecule has 2 aliphatic rings. The van der Waals surface area contributed by atoms with Crippen LogP contribution in [0.3, 0.4) is 0 Å². The highest BCUT2D eigenvalue weighted by molar-refractivity contribution is 7.13. The van der Waals surface area contributed by atoms with Gasteiger partial charge in [-0.3, -0.25) is 9.69 Å². The largest absolute Gasteiger partial charge is 0.493 e. The lowest BCUT2D eigenvalue weighted by Crippen LogP contribution is -2.48. The van der Waals surface area contributed by atoms with Crippen LogP contribution in [-0.2, 0) is 16.0 Å². The van der Waals surface area contributed by atoms with Gasteiger partial charge < -0.3 is 14.4 Å². The maximum atomic E-state index is 12.9. The molecule has 2 aliphatic heterocycles. The van der Waals surface area contributed by atoms with E-state index in [1.807, 2.05) is 41.5 Å². The number of thiazole rings is 1. The SMILES string of the molecule is CCOc1ccccc1-c1nc(CC(=O)N2CCC(CN3CC(C)OC(C)C3)CC2)cs1. The molecule has 2 unspecified atom stereocenters. The summed E-state index contributed by atoms with van der Waals surface area (Å²) in [5.41, 5.74) is 1.84. The Morgan fingerprint density at radius 2 is 1.91 bits per heavy atom. The van der Waals surface area contributed by atoms with Crippen LogP contribution in [-0.4, -0.2) is 72.2 Å². The summed E-state index contributed by atoms with van der Waals surface area (Å²) in [6.45, 7) is 11.8. The minimum absolute atomic E-state index is 0.187. The third kappa shape index (κ3) is 5.88. The lowest BCUT2D eigenvalue weighted by molar-refractivity contribution is -0.132. The van der Waals surface area contributed by atoms with Crippen LogP contribution >= 0.6 is 11.3 Å². The zero-order valence-electron chi connectivity index (χ0n) is 19.5. The number of hydrogen-bond donors (Lipinski definition) is 0. The average Bonchev–Trinajstić information content (AvgIpc) is 3.22. The van der Waals surface area contributed by atoms with Crippen LogP contribution in [0.15, 0.2) is 29.6 Å². The fourth-order valence-corrected chi connectivity index (χ4v) is 5.72. The highest BCUT2D eigenvalue weighted by Gasteiger charge is 2.28. The van der Waals surface area contributed by atoms with E-state index in [2.05, 4.69) is 18.7 Å². The zero-order chi connectivity index (χ0) is 22.5. The first kappa shape index (κ1) is 23.2. The van der Waals surface area contributed by atoms with Crippen molar-refractivity contribution in [2.24, 2.45) is 5.92 Å². The van der Waals surface area contributed by atoms with Gasteiger partial charge in [0.1, 0.15) is 10.8 Å². The monoisotopic (exact) mass is 457 g/mol. The number of benzene rings is 1. The molecular weight excluding hydrogens is 422 g/mol. The number of rotatable bonds is 7. The van der Waals surface area contributed by atoms with Crippen LogP contribution in [0.5, 0.6) is 5.75 Å². The number of morpholine rings is 1. The normalized spacial score (nSPS) is 22.8. The van der Waals surface area contributed by atoms with Gasteiger partial charge in [0.15, 0.2) is 0 Å². The van der Waals surface area contributed by atoms with E-state index in [9.17, 15) is 4.79 Å². The minimum Gasteiger partial charge on any atom is -0.493 e. The fraction of sp³-hybridized carbons (Fsp3) is 0.600. The summed E-state index contributed by atoms with van der Waals surface area (Å²) in [6.07, 6.45) is 3.15. The zero-order valence-corrected chi connectivity index (χ0v) is 20.3. The molecule has 0 spiro atoms. The summed E-state index contributed by atoms with van der Waals surface area (Å²) in [5, 5.41) is 2.91. The molecule has 2 aromatic rings. The minimum atomic E-state index is 0.187. The molecule has 32 heavy (non-hydrogen) atoms. The number of amides is 1. The van der Waals surface area contributed by atoms with Crippen molar-refractivity contribution in [3.05, 3.63) is 35.3 Å². The summed E-state index contributed by atoms with van der Waals surface area (Å²) in [6, 6.07) is 7.95. The van der Waals surface area contributed by atoms with Crippen molar-refractivity contribution >= 4 is 17.2 Å². The molecule has 1 aromatic heterocycles. The molecule has 0 bridgehead atoms. The van der Waals surface area contributed by atoms with Gasteiger partial charge in [-0.2, -0.15) is 0 Å². The summed E-state index contributed by atoms with van der Waals surface area (Å²) in [5.74, 6) is 1.69. The molecule has 0 N–H and O–H groups in total. The number of piperidine rings is 1. The van der Waals surface area contributed by atoms with Crippen molar-refractivity contribution in [1.82, 2.24) is 14.8 Å². The molecule has 6 nitrogen and oxygen atoms in total. The van der Waals surface area contributed by atoms with Gasteiger partial charge in [0, 0.05) is 38.1 Å². The second-order valence-electron chi connectivity index (χ2n) is 9.05. The second-order valence-corrected chi connectivity index (χ2v) is 9.91. The predicted molar refractivity (Wildman–Crippen MR) is 128 cm³/mol. The number of hydrogen-bond acceptors (Lipinski definition) is 6. The number of carbonyl (C=O) groups is 1. The number of aromatic nitrogens is 1. The quantitative estimate of drug-likeness (QED) is 0.627. The van der Waals surface area contributed by atoms with E-state index >= 15 is 0 Å². The smallest absolute Gasteiger partial charge is 0.228 e. The van der Waals surface area contributed by atoms with E-state index in [0.29, 0.717) is 31.2 Å². The Hall–Kier alpha value is -1.96. The van der Waals surface area contributed by atoms with Crippen molar-refractivity contribution < 1.29 is 14.3 Å². The highest BCUT2D eigenvalue weighted by atomic mass is 32.1. The first-order chi connectivity index (χ1) is 15.5. The predicted octanol–water partition coefficient (Wildman–Crippen LogP) is 4.10. The molecule has 2 atom stereocenters. The van der Waals surface area contributed by atoms with Crippen LogP contribution in [0.25, 0.3) is 10.6 Å². The van der Waals surface area contributed by atoms with Gasteiger partial charge in [-0.25, -0.2) is 4.98 Å². The van der Waals surface area contributed by atoms with E-state index in [-0.39, 0.29) is 5.91 Å². The second kappa shape index (κ2) is 10.8. The summed E-state index contributed by atoms with van der Waals surface area (Å²) < 4.78 is 11.6. The van der Waals surface area contributed by atoms with Crippen LogP contribution in [0.1, 0.15) is 39.3 Å². The Balaban J connectivity index is 1.28. The molecule has 2 saturated heterocycles. The average molecular weight is 458 g/mol. The van der Waals surface area contributed by atoms with E-state index in [1.54, 1.807) is 11.3 Å². The van der Waals surface area contributed by atoms with Crippen LogP contribution in [0.2, 0.25) is 0 Å². The van der Waals surface area contributed by atoms with E-state index in [0.717, 1.165) is 67.6 Å². The molecule has 2 fully saturated rings. The Morgan fingerprint density at radius 1 is 1.19 bits per heavy atom. The van der Waals surface area contributed by atoms with Crippen molar-refractivity contribution in [2.75, 3.05) is 39.3 Å². The molecule has 4 rings (SSSR count). The van der Waals surface area contributed by atoms with Crippen molar-refractivity contribution in [3.63, 3.8) is 0 Å². The van der Waals surface area contributed by atoms with Crippen LogP contribution in [0, 0.1) is 5.92 Å². The van der Waals surface area contributed by atoms with Gasteiger partial charge in [0.2, 0.25) is 5.91 Å². The highest BCUT2D eigenvalue weighted by Crippen LogP contribution is 2.32. The third-order valence-electron chi connectivity index (χ3n) is 6.28. The maximum Gasteiger partial charge on any atom is 0.228 e. The van der Waals surface area contributed by atoms with Gasteiger partial charge >= 0.3 is 0 Å². The molecule has 0 saturated carbocycles. The Kier molecular flexibility index (Phi) is 7.81. The van der Waals surface area contributed by atoms with E-state index in [1.165, 1.54) is 0 Å². The lowest BCUT2D eigenvalue weighted by Gasteiger charge is -2.39. The lowest BCUT2D eigenvalue weighted by atomic mass is 9.95. The standard InChI is InChI=1S/C25H35N3O3S/c1-4-30-23-8-6-5-7-22(23)25-26-21(17-32-25)13-24(29)28-11-9-20(10-12-28)16-27-14-18(2)31-19(3)15-27/h5-8,17-20H,4,9-16H2,1-3H3. The van der Waals surface area contributed by atoms with Crippen molar-refractivity contribution in [1.29, 1.82) is 0 Å². The van der Waals surface area contributed by atoms with Gasteiger partial charge in [0.05, 0.1) is 36.5 Å². The van der Waals surface area contributed by atoms with Crippen molar-refractivity contribution in [2.45, 2.75) is 52.2 Å². The Labute approximate surface area is 195 Å². The molecule has 0 radical (unpaired) electrons. The molecule has 0 aliphatic carbocycles. The van der Waals surface area contributed by atoms with Gasteiger partial charge in [-0.1, -0.05) is 12.1 Å². The van der Waals surface area contributed by atoms with Gasteiger partial charge in [-0.05, 0) is 51.7 Å². The Bertz CT molecular complexity index is 884. The number of likely N-dealkylation sites (tertiary alicyclic amines) is 1. The molecule has 1 aromatic carbocycles. The summed E-state index contributed by atoms with van der Waals surface area (Å²) >= 11 is 1.57. The van der Waals surface area contributed by atoms with E-state index in [4.69, 9.17) is 14.5 Å². The first-order valence-electron chi connectivity index (χ1n) is 11.8. The molecule has 1 amide bonds. The number of carbonyl (C=O) groups excluding carboxylic acids is 1. The topological polar surface area (TPSA) is 54.9 Å². The molecule has 7 heteroatoms. The molecule has 174 valence electrons. The van der Waals surface area contributed by atoms with Gasteiger partial charge in [-0.15, -0.1) is 11.3 Å². The summed E-state index contributed by atoms with van der Waals surface area (Å²) in [7, 11) is 0. The number of para-hydroxylation sites is 1. The van der Waals surface area contributed by atoms with E-state index < -0.39 is 0 Å². The van der Waals surface area contributed by atoms with Crippen LogP contribution in [0.4, 0.5) is 0 Å². The van der Waals surface area contributed by atoms with Crippen molar-refractivity contribution in [3.8, 4) is 16.3 Å². The first-order valence-corrected chi connectivity index (χ1v) is 12.7. The molecule has 3 heterocycles. The number of nitrogens with zero attached hydrogens (tertiary/aromatic N) is 3. The fourth-order valence-electron chi connectivity index (χ4n) is 4.87. The third-order valence-corrected chi connectivity index (χ3v) is 7.20. The summed E-state index contributed by atoms with van der Waals surface area (Å²) in [4.78, 5) is 22.2. The number of ether oxygens (including phenoxy) is 2. The van der Waals surface area contributed by atoms with Crippen LogP contribution < -0.4 is 4.74 Å².